The van der Waals surface area contributed by atoms with E-state index in [4.69, 9.17) is 0 Å². The monoisotopic (exact) mass is 612 g/mol. The number of hydrogen-bond acceptors (Lipinski definition) is 1. The van der Waals surface area contributed by atoms with Gasteiger partial charge in [-0.25, -0.2) is 0 Å². The Kier molecular flexibility index (Phi) is 5.85. The zero-order chi connectivity index (χ0) is 30.9. The van der Waals surface area contributed by atoms with Crippen molar-refractivity contribution in [1.82, 2.24) is 0 Å². The van der Waals surface area contributed by atoms with Crippen molar-refractivity contribution >= 4 is 74.6 Å². The SMILES string of the molecule is c1ccc2c(c1)ccc1cc(-c3ccc(-c4c5ccccc5c(-c5cccc6c5sc5ccccc56)c5ccccc45)cc3)ccc12. The summed E-state index contributed by atoms with van der Waals surface area (Å²) in [5.41, 5.74) is 7.62. The van der Waals surface area contributed by atoms with Crippen molar-refractivity contribution < 1.29 is 0 Å². The quantitative estimate of drug-likeness (QED) is 0.138. The summed E-state index contributed by atoms with van der Waals surface area (Å²) in [6.07, 6.45) is 0. The zero-order valence-corrected chi connectivity index (χ0v) is 26.4. The van der Waals surface area contributed by atoms with Crippen LogP contribution in [0.4, 0.5) is 0 Å². The third-order valence-corrected chi connectivity index (χ3v) is 11.1. The fraction of sp³-hybridized carbons (Fsp3) is 0. The van der Waals surface area contributed by atoms with Crippen LogP contribution in [-0.2, 0) is 0 Å². The normalized spacial score (nSPS) is 11.8. The van der Waals surface area contributed by atoms with Gasteiger partial charge in [-0.3, -0.25) is 0 Å². The van der Waals surface area contributed by atoms with Gasteiger partial charge in [0.1, 0.15) is 0 Å². The van der Waals surface area contributed by atoms with Gasteiger partial charge >= 0.3 is 0 Å². The first-order chi connectivity index (χ1) is 23.3. The molecule has 218 valence electrons. The molecule has 0 bridgehead atoms. The number of thiophene rings is 1. The van der Waals surface area contributed by atoms with Crippen LogP contribution in [0, 0.1) is 0 Å². The summed E-state index contributed by atoms with van der Waals surface area (Å²) in [5, 5.41) is 13.0. The molecule has 10 aromatic rings. The van der Waals surface area contributed by atoms with Crippen LogP contribution in [0.5, 0.6) is 0 Å². The second-order valence-corrected chi connectivity index (χ2v) is 13.5. The molecule has 0 radical (unpaired) electrons. The van der Waals surface area contributed by atoms with Crippen LogP contribution in [0.3, 0.4) is 0 Å². The maximum atomic E-state index is 2.32. The first kappa shape index (κ1) is 26.5. The molecule has 9 aromatic carbocycles. The Morgan fingerprint density at radius 2 is 0.830 bits per heavy atom. The van der Waals surface area contributed by atoms with Gasteiger partial charge in [-0.2, -0.15) is 0 Å². The fourth-order valence-corrected chi connectivity index (χ4v) is 8.92. The lowest BCUT2D eigenvalue weighted by molar-refractivity contribution is 1.63. The lowest BCUT2D eigenvalue weighted by atomic mass is 9.85. The standard InChI is InChI=1S/C46H28S/c1-2-11-34-30(10-1)22-25-33-28-32(26-27-35(33)34)29-20-23-31(24-21-29)44-37-13-3-5-15-39(37)45(40-16-6-4-14-38(40)44)42-18-9-17-41-36-12-7-8-19-43(36)47-46(41)42/h1-28H. The Bertz CT molecular complexity index is 2780. The smallest absolute Gasteiger partial charge is 0.0434 e. The maximum Gasteiger partial charge on any atom is 0.0434 e. The Morgan fingerprint density at radius 3 is 1.57 bits per heavy atom. The molecule has 1 heterocycles. The molecule has 10 rings (SSSR count). The summed E-state index contributed by atoms with van der Waals surface area (Å²) in [6, 6.07) is 62.7. The van der Waals surface area contributed by atoms with E-state index in [0.29, 0.717) is 0 Å². The molecule has 0 atom stereocenters. The Hall–Kier alpha value is -5.76. The first-order valence-corrected chi connectivity index (χ1v) is 17.0. The zero-order valence-electron chi connectivity index (χ0n) is 25.6. The first-order valence-electron chi connectivity index (χ1n) is 16.2. The molecule has 0 saturated carbocycles. The van der Waals surface area contributed by atoms with Crippen molar-refractivity contribution in [3.05, 3.63) is 170 Å². The van der Waals surface area contributed by atoms with E-state index in [1.165, 1.54) is 96.6 Å². The van der Waals surface area contributed by atoms with Crippen molar-refractivity contribution in [3.63, 3.8) is 0 Å². The molecule has 0 nitrogen and oxygen atoms in total. The van der Waals surface area contributed by atoms with E-state index in [2.05, 4.69) is 170 Å². The molecular weight excluding hydrogens is 585 g/mol. The van der Waals surface area contributed by atoms with Crippen LogP contribution < -0.4 is 0 Å². The van der Waals surface area contributed by atoms with E-state index in [0.717, 1.165) is 0 Å². The van der Waals surface area contributed by atoms with Gasteiger partial charge in [-0.1, -0.05) is 158 Å². The van der Waals surface area contributed by atoms with Crippen LogP contribution in [-0.4, -0.2) is 0 Å². The lowest BCUT2D eigenvalue weighted by Crippen LogP contribution is -1.91. The predicted octanol–water partition coefficient (Wildman–Crippen LogP) is 13.7. The van der Waals surface area contributed by atoms with E-state index in [1.54, 1.807) is 0 Å². The highest BCUT2D eigenvalue weighted by molar-refractivity contribution is 7.26. The Morgan fingerprint density at radius 1 is 0.298 bits per heavy atom. The van der Waals surface area contributed by atoms with E-state index in [-0.39, 0.29) is 0 Å². The Balaban J connectivity index is 1.16. The van der Waals surface area contributed by atoms with Crippen molar-refractivity contribution in [2.45, 2.75) is 0 Å². The minimum atomic E-state index is 1.23. The molecule has 1 heteroatoms. The van der Waals surface area contributed by atoms with Crippen LogP contribution in [0.2, 0.25) is 0 Å². The molecule has 0 saturated heterocycles. The summed E-state index contributed by atoms with van der Waals surface area (Å²) in [6.45, 7) is 0. The molecule has 0 N–H and O–H groups in total. The number of hydrogen-bond donors (Lipinski definition) is 0. The van der Waals surface area contributed by atoms with Gasteiger partial charge in [0.15, 0.2) is 0 Å². The van der Waals surface area contributed by atoms with E-state index in [9.17, 15) is 0 Å². The summed E-state index contributed by atoms with van der Waals surface area (Å²) >= 11 is 1.90. The average Bonchev–Trinajstić information content (AvgIpc) is 3.53. The van der Waals surface area contributed by atoms with Crippen molar-refractivity contribution in [2.75, 3.05) is 0 Å². The largest absolute Gasteiger partial charge is 0.135 e. The topological polar surface area (TPSA) is 0 Å². The highest BCUT2D eigenvalue weighted by atomic mass is 32.1. The van der Waals surface area contributed by atoms with Crippen molar-refractivity contribution in [3.8, 4) is 33.4 Å². The predicted molar refractivity (Wildman–Crippen MR) is 206 cm³/mol. The minimum Gasteiger partial charge on any atom is -0.135 e. The van der Waals surface area contributed by atoms with Crippen molar-refractivity contribution in [1.29, 1.82) is 0 Å². The highest BCUT2D eigenvalue weighted by Crippen LogP contribution is 2.47. The summed E-state index contributed by atoms with van der Waals surface area (Å²) < 4.78 is 2.68. The van der Waals surface area contributed by atoms with Crippen LogP contribution in [0.1, 0.15) is 0 Å². The maximum absolute atomic E-state index is 2.32. The van der Waals surface area contributed by atoms with Crippen LogP contribution >= 0.6 is 11.3 Å². The van der Waals surface area contributed by atoms with E-state index < -0.39 is 0 Å². The van der Waals surface area contributed by atoms with Gasteiger partial charge in [0.05, 0.1) is 0 Å². The average molecular weight is 613 g/mol. The summed E-state index contributed by atoms with van der Waals surface area (Å²) in [4.78, 5) is 0. The second-order valence-electron chi connectivity index (χ2n) is 12.4. The van der Waals surface area contributed by atoms with Gasteiger partial charge in [0, 0.05) is 25.7 Å². The summed E-state index contributed by atoms with van der Waals surface area (Å²) in [7, 11) is 0. The van der Waals surface area contributed by atoms with Crippen LogP contribution in [0.15, 0.2) is 170 Å². The fourth-order valence-electron chi connectivity index (χ4n) is 7.70. The van der Waals surface area contributed by atoms with Crippen molar-refractivity contribution in [2.24, 2.45) is 0 Å². The molecule has 0 aliphatic carbocycles. The number of fused-ring (bicyclic) bond motifs is 8. The third-order valence-electron chi connectivity index (χ3n) is 9.86. The van der Waals surface area contributed by atoms with Crippen LogP contribution in [0.25, 0.3) is 96.6 Å². The van der Waals surface area contributed by atoms with Gasteiger partial charge in [-0.05, 0) is 83.0 Å². The molecule has 1 aromatic heterocycles. The van der Waals surface area contributed by atoms with Gasteiger partial charge in [-0.15, -0.1) is 11.3 Å². The molecule has 0 aliphatic rings. The van der Waals surface area contributed by atoms with E-state index >= 15 is 0 Å². The summed E-state index contributed by atoms with van der Waals surface area (Å²) in [5.74, 6) is 0. The Labute approximate surface area is 276 Å². The molecule has 0 spiro atoms. The lowest BCUT2D eigenvalue weighted by Gasteiger charge is -2.18. The molecular formula is C46H28S. The number of rotatable bonds is 3. The second kappa shape index (κ2) is 10.4. The van der Waals surface area contributed by atoms with Gasteiger partial charge in [0.2, 0.25) is 0 Å². The molecule has 0 unspecified atom stereocenters. The minimum absolute atomic E-state index is 1.23. The molecule has 0 fully saturated rings. The molecule has 0 aliphatic heterocycles. The number of benzene rings is 9. The van der Waals surface area contributed by atoms with Gasteiger partial charge < -0.3 is 0 Å². The van der Waals surface area contributed by atoms with Gasteiger partial charge in [0.25, 0.3) is 0 Å². The molecule has 0 amide bonds. The third kappa shape index (κ3) is 4.07. The highest BCUT2D eigenvalue weighted by Gasteiger charge is 2.19. The molecule has 47 heavy (non-hydrogen) atoms. The van der Waals surface area contributed by atoms with E-state index in [1.807, 2.05) is 11.3 Å².